The molecule has 154 valence electrons. The van der Waals surface area contributed by atoms with Crippen molar-refractivity contribution in [2.24, 2.45) is 0 Å². The molecule has 1 amide bonds. The van der Waals surface area contributed by atoms with Crippen molar-refractivity contribution in [3.63, 3.8) is 0 Å². The average molecular weight is 472 g/mol. The first-order valence-corrected chi connectivity index (χ1v) is 9.96. The normalized spacial score (nSPS) is 10.8. The Labute approximate surface area is 193 Å². The van der Waals surface area contributed by atoms with Crippen LogP contribution in [0.1, 0.15) is 15.9 Å². The molecule has 0 heterocycles. The van der Waals surface area contributed by atoms with E-state index in [1.807, 2.05) is 6.07 Å². The molecule has 0 aliphatic rings. The van der Waals surface area contributed by atoms with Gasteiger partial charge in [0.1, 0.15) is 17.4 Å². The lowest BCUT2D eigenvalue weighted by molar-refractivity contribution is -0.112. The number of hydrogen-bond acceptors (Lipinski definition) is 4. The summed E-state index contributed by atoms with van der Waals surface area (Å²) in [5.41, 5.74) is 0.871. The van der Waals surface area contributed by atoms with Crippen LogP contribution in [0.2, 0.25) is 15.1 Å². The summed E-state index contributed by atoms with van der Waals surface area (Å²) in [7, 11) is 0. The van der Waals surface area contributed by atoms with Crippen LogP contribution in [0.25, 0.3) is 6.08 Å². The molecule has 0 saturated carbocycles. The Morgan fingerprint density at radius 2 is 1.65 bits per heavy atom. The van der Waals surface area contributed by atoms with E-state index in [0.29, 0.717) is 26.9 Å². The van der Waals surface area contributed by atoms with Crippen molar-refractivity contribution in [2.45, 2.75) is 0 Å². The maximum Gasteiger partial charge on any atom is 0.343 e. The third kappa shape index (κ3) is 5.87. The quantitative estimate of drug-likeness (QED) is 0.202. The molecule has 0 radical (unpaired) electrons. The number of nitrogens with one attached hydrogen (secondary N) is 1. The van der Waals surface area contributed by atoms with E-state index in [-0.39, 0.29) is 16.3 Å². The van der Waals surface area contributed by atoms with Crippen molar-refractivity contribution in [2.75, 3.05) is 5.32 Å². The fourth-order valence-electron chi connectivity index (χ4n) is 2.51. The smallest absolute Gasteiger partial charge is 0.343 e. The Bertz CT molecular complexity index is 1220. The van der Waals surface area contributed by atoms with E-state index in [0.717, 1.165) is 0 Å². The number of para-hydroxylation sites is 1. The fraction of sp³-hybridized carbons (Fsp3) is 0. The molecule has 0 spiro atoms. The molecule has 0 fully saturated rings. The first kappa shape index (κ1) is 22.4. The van der Waals surface area contributed by atoms with E-state index in [1.165, 1.54) is 30.3 Å². The summed E-state index contributed by atoms with van der Waals surface area (Å²) in [6.07, 6.45) is 1.33. The van der Waals surface area contributed by atoms with Crippen LogP contribution in [0.5, 0.6) is 5.75 Å². The fourth-order valence-corrected chi connectivity index (χ4v) is 2.94. The van der Waals surface area contributed by atoms with Crippen LogP contribution in [0, 0.1) is 11.3 Å². The number of carbonyl (C=O) groups excluding carboxylic acids is 2. The van der Waals surface area contributed by atoms with Crippen LogP contribution in [-0.4, -0.2) is 11.9 Å². The molecule has 0 aromatic heterocycles. The molecule has 3 aromatic rings. The van der Waals surface area contributed by atoms with Gasteiger partial charge in [0, 0.05) is 16.3 Å². The van der Waals surface area contributed by atoms with Crippen molar-refractivity contribution in [1.29, 1.82) is 5.26 Å². The summed E-state index contributed by atoms with van der Waals surface area (Å²) in [6, 6.07) is 19.2. The van der Waals surface area contributed by atoms with E-state index in [9.17, 15) is 14.9 Å². The van der Waals surface area contributed by atoms with Crippen molar-refractivity contribution < 1.29 is 14.3 Å². The predicted octanol–water partition coefficient (Wildman–Crippen LogP) is 6.41. The molecule has 8 heteroatoms. The highest BCUT2D eigenvalue weighted by atomic mass is 35.5. The van der Waals surface area contributed by atoms with Crippen molar-refractivity contribution >= 4 is 58.4 Å². The summed E-state index contributed by atoms with van der Waals surface area (Å²) in [5, 5.41) is 13.1. The van der Waals surface area contributed by atoms with Gasteiger partial charge in [0.2, 0.25) is 0 Å². The van der Waals surface area contributed by atoms with Gasteiger partial charge < -0.3 is 10.1 Å². The van der Waals surface area contributed by atoms with E-state index >= 15 is 0 Å². The average Bonchev–Trinajstić information content (AvgIpc) is 2.76. The number of hydrogen-bond donors (Lipinski definition) is 1. The van der Waals surface area contributed by atoms with Gasteiger partial charge >= 0.3 is 5.97 Å². The SMILES string of the molecule is N#C/C(=C\c1ccccc1OC(=O)c1ccc(Cl)cc1)C(=O)Nc1ccc(Cl)c(Cl)c1. The minimum Gasteiger partial charge on any atom is -0.422 e. The first-order chi connectivity index (χ1) is 14.9. The number of amides is 1. The molecule has 0 unspecified atom stereocenters. The Hall–Kier alpha value is -3.30. The van der Waals surface area contributed by atoms with Crippen LogP contribution in [0.15, 0.2) is 72.3 Å². The van der Waals surface area contributed by atoms with Crippen molar-refractivity contribution in [3.8, 4) is 11.8 Å². The molecule has 1 N–H and O–H groups in total. The maximum atomic E-state index is 12.5. The molecule has 31 heavy (non-hydrogen) atoms. The number of carbonyl (C=O) groups is 2. The van der Waals surface area contributed by atoms with Gasteiger partial charge in [-0.15, -0.1) is 0 Å². The van der Waals surface area contributed by atoms with Gasteiger partial charge in [-0.2, -0.15) is 5.26 Å². The Kier molecular flexibility index (Phi) is 7.32. The standard InChI is InChI=1S/C23H13Cl3N2O3/c24-17-7-5-14(6-8-17)23(30)31-21-4-2-1-3-15(21)11-16(13-27)22(29)28-18-9-10-19(25)20(26)12-18/h1-12H,(H,28,29)/b16-11+. The van der Waals surface area contributed by atoms with E-state index in [4.69, 9.17) is 39.5 Å². The zero-order valence-corrected chi connectivity index (χ0v) is 18.0. The van der Waals surface area contributed by atoms with Crippen LogP contribution in [0.3, 0.4) is 0 Å². The molecular weight excluding hydrogens is 459 g/mol. The summed E-state index contributed by atoms with van der Waals surface area (Å²) < 4.78 is 5.44. The number of esters is 1. The second-order valence-corrected chi connectivity index (χ2v) is 7.44. The molecule has 3 rings (SSSR count). The molecule has 0 saturated heterocycles. The summed E-state index contributed by atoms with van der Waals surface area (Å²) in [4.78, 5) is 24.9. The molecular formula is C23H13Cl3N2O3. The zero-order valence-electron chi connectivity index (χ0n) is 15.7. The number of nitriles is 1. The molecule has 3 aromatic carbocycles. The largest absolute Gasteiger partial charge is 0.422 e. The van der Waals surface area contributed by atoms with Gasteiger partial charge in [-0.3, -0.25) is 4.79 Å². The van der Waals surface area contributed by atoms with Crippen LogP contribution >= 0.6 is 34.8 Å². The zero-order chi connectivity index (χ0) is 22.4. The number of anilines is 1. The lowest BCUT2D eigenvalue weighted by Gasteiger charge is -2.09. The third-order valence-corrected chi connectivity index (χ3v) is 5.03. The number of rotatable bonds is 5. The van der Waals surface area contributed by atoms with Gasteiger partial charge in [0.05, 0.1) is 15.6 Å². The van der Waals surface area contributed by atoms with Gasteiger partial charge in [-0.25, -0.2) is 4.79 Å². The lowest BCUT2D eigenvalue weighted by atomic mass is 10.1. The second-order valence-electron chi connectivity index (χ2n) is 6.19. The van der Waals surface area contributed by atoms with Crippen molar-refractivity contribution in [1.82, 2.24) is 0 Å². The monoisotopic (exact) mass is 470 g/mol. The van der Waals surface area contributed by atoms with Gasteiger partial charge in [0.15, 0.2) is 0 Å². The van der Waals surface area contributed by atoms with Crippen LogP contribution in [0.4, 0.5) is 5.69 Å². The lowest BCUT2D eigenvalue weighted by Crippen LogP contribution is -2.13. The predicted molar refractivity (Wildman–Crippen MR) is 122 cm³/mol. The van der Waals surface area contributed by atoms with Crippen molar-refractivity contribution in [3.05, 3.63) is 98.5 Å². The number of benzene rings is 3. The highest BCUT2D eigenvalue weighted by Crippen LogP contribution is 2.26. The summed E-state index contributed by atoms with van der Waals surface area (Å²) in [6.45, 7) is 0. The highest BCUT2D eigenvalue weighted by molar-refractivity contribution is 6.42. The minimum absolute atomic E-state index is 0.192. The summed E-state index contributed by atoms with van der Waals surface area (Å²) in [5.74, 6) is -1.06. The topological polar surface area (TPSA) is 79.2 Å². The summed E-state index contributed by atoms with van der Waals surface area (Å²) >= 11 is 17.7. The first-order valence-electron chi connectivity index (χ1n) is 8.82. The molecule has 5 nitrogen and oxygen atoms in total. The van der Waals surface area contributed by atoms with Crippen LogP contribution < -0.4 is 10.1 Å². The Balaban J connectivity index is 1.83. The van der Waals surface area contributed by atoms with E-state index in [2.05, 4.69) is 5.32 Å². The van der Waals surface area contributed by atoms with Gasteiger partial charge in [-0.1, -0.05) is 53.0 Å². The Morgan fingerprint density at radius 1 is 0.935 bits per heavy atom. The maximum absolute atomic E-state index is 12.5. The highest BCUT2D eigenvalue weighted by Gasteiger charge is 2.14. The Morgan fingerprint density at radius 3 is 2.32 bits per heavy atom. The number of halogens is 3. The van der Waals surface area contributed by atoms with Gasteiger partial charge in [-0.05, 0) is 54.6 Å². The molecule has 0 aliphatic carbocycles. The van der Waals surface area contributed by atoms with Gasteiger partial charge in [0.25, 0.3) is 5.91 Å². The van der Waals surface area contributed by atoms with E-state index in [1.54, 1.807) is 42.5 Å². The molecule has 0 bridgehead atoms. The number of nitrogens with zero attached hydrogens (tertiary/aromatic N) is 1. The van der Waals surface area contributed by atoms with Crippen LogP contribution in [-0.2, 0) is 4.79 Å². The second kappa shape index (κ2) is 10.1. The van der Waals surface area contributed by atoms with E-state index < -0.39 is 11.9 Å². The molecule has 0 aliphatic heterocycles. The number of ether oxygens (including phenoxy) is 1. The third-order valence-electron chi connectivity index (χ3n) is 4.04. The molecule has 0 atom stereocenters. The minimum atomic E-state index is -0.653.